The summed E-state index contributed by atoms with van der Waals surface area (Å²) in [5.41, 5.74) is 6.39. The maximum atomic E-state index is 12.1. The minimum Gasteiger partial charge on any atom is -0.330 e. The molecule has 4 nitrogen and oxygen atoms in total. The first kappa shape index (κ1) is 14.3. The van der Waals surface area contributed by atoms with E-state index in [1.807, 2.05) is 19.2 Å². The van der Waals surface area contributed by atoms with E-state index in [0.29, 0.717) is 19.0 Å². The fourth-order valence-electron chi connectivity index (χ4n) is 2.78. The molecule has 0 saturated heterocycles. The Hall–Kier alpha value is -1.16. The van der Waals surface area contributed by atoms with Gasteiger partial charge in [0.25, 0.3) is 0 Å². The van der Waals surface area contributed by atoms with Gasteiger partial charge in [0.05, 0.1) is 18.2 Å². The van der Waals surface area contributed by atoms with Crippen molar-refractivity contribution in [2.75, 3.05) is 6.54 Å². The van der Waals surface area contributed by atoms with Gasteiger partial charge >= 0.3 is 0 Å². The molecule has 0 aliphatic heterocycles. The van der Waals surface area contributed by atoms with Crippen LogP contribution in [-0.4, -0.2) is 22.1 Å². The lowest BCUT2D eigenvalue weighted by molar-refractivity contribution is -0.122. The van der Waals surface area contributed by atoms with Gasteiger partial charge in [-0.05, 0) is 38.3 Å². The second kappa shape index (κ2) is 6.85. The molecular formula is C15H25N3O. The highest BCUT2D eigenvalue weighted by molar-refractivity contribution is 5.82. The molecule has 106 valence electrons. The molecule has 0 bridgehead atoms. The van der Waals surface area contributed by atoms with Gasteiger partial charge in [0, 0.05) is 12.1 Å². The average Bonchev–Trinajstić information content (AvgIpc) is 3.05. The molecule has 1 heterocycles. The monoisotopic (exact) mass is 263 g/mol. The van der Waals surface area contributed by atoms with E-state index in [-0.39, 0.29) is 11.7 Å². The van der Waals surface area contributed by atoms with Crippen LogP contribution in [0.5, 0.6) is 0 Å². The summed E-state index contributed by atoms with van der Waals surface area (Å²) in [7, 11) is 0. The summed E-state index contributed by atoms with van der Waals surface area (Å²) in [4.78, 5) is 12.1. The Bertz CT molecular complexity index is 407. The highest BCUT2D eigenvalue weighted by Gasteiger charge is 2.19. The molecule has 4 heteroatoms. The van der Waals surface area contributed by atoms with Crippen LogP contribution in [0.15, 0.2) is 12.3 Å². The number of Topliss-reactive ketones (excluding diaryl/α,β-unsaturated/α-hetero) is 1. The molecule has 1 aliphatic rings. The van der Waals surface area contributed by atoms with Crippen molar-refractivity contribution < 1.29 is 4.79 Å². The molecule has 1 aromatic rings. The number of carbonyl (C=O) groups is 1. The molecule has 1 fully saturated rings. The van der Waals surface area contributed by atoms with Crippen LogP contribution in [0, 0.1) is 5.92 Å². The summed E-state index contributed by atoms with van der Waals surface area (Å²) in [5, 5.41) is 4.57. The normalized spacial score (nSPS) is 17.8. The van der Waals surface area contributed by atoms with Crippen LogP contribution in [-0.2, 0) is 11.2 Å². The van der Waals surface area contributed by atoms with Crippen LogP contribution >= 0.6 is 0 Å². The highest BCUT2D eigenvalue weighted by Crippen LogP contribution is 2.28. The number of hydrogen-bond acceptors (Lipinski definition) is 3. The Morgan fingerprint density at radius 2 is 2.26 bits per heavy atom. The predicted octanol–water partition coefficient (Wildman–Crippen LogP) is 2.48. The van der Waals surface area contributed by atoms with Gasteiger partial charge in [-0.25, -0.2) is 0 Å². The third-order valence-corrected chi connectivity index (χ3v) is 4.11. The maximum Gasteiger partial charge on any atom is 0.141 e. The van der Waals surface area contributed by atoms with Crippen LogP contribution in [0.3, 0.4) is 0 Å². The average molecular weight is 263 g/mol. The predicted molar refractivity (Wildman–Crippen MR) is 75.9 cm³/mol. The summed E-state index contributed by atoms with van der Waals surface area (Å²) >= 11 is 0. The van der Waals surface area contributed by atoms with Crippen LogP contribution < -0.4 is 5.73 Å². The van der Waals surface area contributed by atoms with Gasteiger partial charge in [0.15, 0.2) is 0 Å². The molecule has 19 heavy (non-hydrogen) atoms. The molecule has 2 rings (SSSR count). The maximum absolute atomic E-state index is 12.1. The quantitative estimate of drug-likeness (QED) is 0.822. The number of ketones is 1. The van der Waals surface area contributed by atoms with Crippen LogP contribution in [0.25, 0.3) is 0 Å². The molecule has 0 amide bonds. The first-order valence-electron chi connectivity index (χ1n) is 7.47. The van der Waals surface area contributed by atoms with Crippen molar-refractivity contribution in [3.8, 4) is 0 Å². The van der Waals surface area contributed by atoms with Gasteiger partial charge in [-0.15, -0.1) is 0 Å². The van der Waals surface area contributed by atoms with E-state index >= 15 is 0 Å². The second-order valence-corrected chi connectivity index (χ2v) is 5.70. The molecule has 0 radical (unpaired) electrons. The van der Waals surface area contributed by atoms with Crippen molar-refractivity contribution in [3.63, 3.8) is 0 Å². The van der Waals surface area contributed by atoms with E-state index in [4.69, 9.17) is 5.73 Å². The molecule has 1 unspecified atom stereocenters. The van der Waals surface area contributed by atoms with E-state index in [1.54, 1.807) is 0 Å². The number of nitrogens with two attached hydrogens (primary N) is 1. The van der Waals surface area contributed by atoms with Gasteiger partial charge in [0.1, 0.15) is 5.78 Å². The Labute approximate surface area is 115 Å². The lowest BCUT2D eigenvalue weighted by Crippen LogP contribution is -2.16. The molecular weight excluding hydrogens is 238 g/mol. The second-order valence-electron chi connectivity index (χ2n) is 5.70. The number of aromatic nitrogens is 2. The summed E-state index contributed by atoms with van der Waals surface area (Å²) in [6, 6.07) is 2.55. The highest BCUT2D eigenvalue weighted by atomic mass is 16.1. The number of hydrogen-bond donors (Lipinski definition) is 1. The van der Waals surface area contributed by atoms with Crippen molar-refractivity contribution in [3.05, 3.63) is 18.0 Å². The Balaban J connectivity index is 1.86. The van der Waals surface area contributed by atoms with Crippen molar-refractivity contribution in [1.82, 2.24) is 9.78 Å². The van der Waals surface area contributed by atoms with Crippen molar-refractivity contribution in [2.45, 2.75) is 57.9 Å². The summed E-state index contributed by atoms with van der Waals surface area (Å²) in [5.74, 6) is 0.380. The fourth-order valence-corrected chi connectivity index (χ4v) is 2.78. The topological polar surface area (TPSA) is 60.9 Å². The van der Waals surface area contributed by atoms with Crippen LogP contribution in [0.2, 0.25) is 0 Å². The van der Waals surface area contributed by atoms with E-state index < -0.39 is 0 Å². The zero-order valence-electron chi connectivity index (χ0n) is 11.8. The summed E-state index contributed by atoms with van der Waals surface area (Å²) in [6.45, 7) is 2.65. The first-order valence-corrected chi connectivity index (χ1v) is 7.47. The van der Waals surface area contributed by atoms with Gasteiger partial charge in [0.2, 0.25) is 0 Å². The van der Waals surface area contributed by atoms with E-state index in [1.165, 1.54) is 25.7 Å². The van der Waals surface area contributed by atoms with Gasteiger partial charge in [-0.1, -0.05) is 19.8 Å². The summed E-state index contributed by atoms with van der Waals surface area (Å²) in [6.07, 6.45) is 9.35. The van der Waals surface area contributed by atoms with Gasteiger partial charge in [-0.2, -0.15) is 5.10 Å². The molecule has 1 atom stereocenters. The van der Waals surface area contributed by atoms with Crippen molar-refractivity contribution in [1.29, 1.82) is 0 Å². The number of rotatable bonds is 7. The van der Waals surface area contributed by atoms with Crippen molar-refractivity contribution in [2.24, 2.45) is 11.7 Å². The third kappa shape index (κ3) is 3.90. The standard InChI is InChI=1S/C15H25N3O/c1-12(5-4-9-16)15(19)11-13-8-10-18(17-13)14-6-2-3-7-14/h8,10,12,14H,2-7,9,11,16H2,1H3. The van der Waals surface area contributed by atoms with E-state index in [0.717, 1.165) is 18.5 Å². The zero-order chi connectivity index (χ0) is 13.7. The zero-order valence-corrected chi connectivity index (χ0v) is 11.8. The van der Waals surface area contributed by atoms with Gasteiger partial charge in [-0.3, -0.25) is 9.48 Å². The molecule has 0 aromatic carbocycles. The minimum absolute atomic E-state index is 0.0974. The lowest BCUT2D eigenvalue weighted by atomic mass is 9.97. The first-order chi connectivity index (χ1) is 9.20. The van der Waals surface area contributed by atoms with Crippen LogP contribution in [0.1, 0.15) is 57.2 Å². The lowest BCUT2D eigenvalue weighted by Gasteiger charge is -2.10. The molecule has 1 aromatic heterocycles. The SMILES string of the molecule is CC(CCCN)C(=O)Cc1ccn(C2CCCC2)n1. The number of carbonyl (C=O) groups excluding carboxylic acids is 1. The van der Waals surface area contributed by atoms with E-state index in [9.17, 15) is 4.79 Å². The number of nitrogens with zero attached hydrogens (tertiary/aromatic N) is 2. The Morgan fingerprint density at radius 3 is 2.95 bits per heavy atom. The van der Waals surface area contributed by atoms with Crippen molar-refractivity contribution >= 4 is 5.78 Å². The Morgan fingerprint density at radius 1 is 1.53 bits per heavy atom. The molecule has 0 spiro atoms. The summed E-state index contributed by atoms with van der Waals surface area (Å²) < 4.78 is 2.06. The smallest absolute Gasteiger partial charge is 0.141 e. The molecule has 1 saturated carbocycles. The fraction of sp³-hybridized carbons (Fsp3) is 0.733. The Kier molecular flexibility index (Phi) is 5.14. The van der Waals surface area contributed by atoms with Crippen LogP contribution in [0.4, 0.5) is 0 Å². The van der Waals surface area contributed by atoms with Gasteiger partial charge < -0.3 is 5.73 Å². The minimum atomic E-state index is 0.0974. The van der Waals surface area contributed by atoms with E-state index in [2.05, 4.69) is 9.78 Å². The molecule has 1 aliphatic carbocycles. The third-order valence-electron chi connectivity index (χ3n) is 4.11. The largest absolute Gasteiger partial charge is 0.330 e. The molecule has 2 N–H and O–H groups in total.